The van der Waals surface area contributed by atoms with Crippen molar-refractivity contribution in [2.75, 3.05) is 19.7 Å². The maximum Gasteiger partial charge on any atom is 0.248 e. The molecule has 3 aromatic rings. The molecule has 1 amide bonds. The lowest BCUT2D eigenvalue weighted by Crippen LogP contribution is -2.39. The predicted molar refractivity (Wildman–Crippen MR) is 101 cm³/mol. The number of hydrogen-bond donors (Lipinski definition) is 1. The molecule has 0 aliphatic carbocycles. The summed E-state index contributed by atoms with van der Waals surface area (Å²) < 4.78 is 18.8. The zero-order valence-electron chi connectivity index (χ0n) is 15.1. The summed E-state index contributed by atoms with van der Waals surface area (Å²) >= 11 is 1.48. The molecule has 1 saturated heterocycles. The van der Waals surface area contributed by atoms with Crippen LogP contribution in [0, 0.1) is 12.7 Å². The second kappa shape index (κ2) is 7.74. The Bertz CT molecular complexity index is 946. The van der Waals surface area contributed by atoms with Crippen molar-refractivity contribution < 1.29 is 13.9 Å². The topological polar surface area (TPSA) is 71.1 Å². The van der Waals surface area contributed by atoms with Crippen molar-refractivity contribution in [3.8, 4) is 0 Å². The Morgan fingerprint density at radius 2 is 2.19 bits per heavy atom. The van der Waals surface area contributed by atoms with Gasteiger partial charge in [-0.3, -0.25) is 4.79 Å². The third kappa shape index (κ3) is 4.01. The van der Waals surface area contributed by atoms with E-state index in [-0.39, 0.29) is 18.3 Å². The Morgan fingerprint density at radius 3 is 2.93 bits per heavy atom. The number of carbonyl (C=O) groups excluding carboxylic acids is 1. The van der Waals surface area contributed by atoms with Crippen LogP contribution in [0.1, 0.15) is 34.3 Å². The van der Waals surface area contributed by atoms with E-state index in [0.717, 1.165) is 33.8 Å². The fourth-order valence-corrected chi connectivity index (χ4v) is 4.26. The smallest absolute Gasteiger partial charge is 0.248 e. The van der Waals surface area contributed by atoms with Gasteiger partial charge >= 0.3 is 0 Å². The molecule has 0 bridgehead atoms. The Balaban J connectivity index is 1.29. The number of nitrogens with zero attached hydrogens (tertiary/aromatic N) is 3. The number of aryl methyl sites for hydroxylation is 1. The highest BCUT2D eigenvalue weighted by Gasteiger charge is 2.25. The summed E-state index contributed by atoms with van der Waals surface area (Å²) in [5.74, 6) is 0.147. The van der Waals surface area contributed by atoms with Crippen LogP contribution in [0.2, 0.25) is 0 Å². The largest absolute Gasteiger partial charge is 0.364 e. The van der Waals surface area contributed by atoms with E-state index in [1.165, 1.54) is 29.0 Å². The van der Waals surface area contributed by atoms with Crippen LogP contribution < -0.4 is 0 Å². The Morgan fingerprint density at radius 1 is 1.37 bits per heavy atom. The summed E-state index contributed by atoms with van der Waals surface area (Å²) in [5.41, 5.74) is 2.03. The minimum atomic E-state index is -0.236. The number of piperidine rings is 1. The molecule has 1 aliphatic rings. The molecule has 1 fully saturated rings. The Hall–Kier alpha value is -2.32. The summed E-state index contributed by atoms with van der Waals surface area (Å²) in [5, 5.41) is 10.7. The molecule has 0 atom stereocenters. The second-order valence-electron chi connectivity index (χ2n) is 6.80. The van der Waals surface area contributed by atoms with Gasteiger partial charge in [-0.15, -0.1) is 10.2 Å². The Labute approximate surface area is 160 Å². The molecular formula is C19H21FN4O2S. The Kier molecular flexibility index (Phi) is 5.18. The molecule has 0 spiro atoms. The van der Waals surface area contributed by atoms with Crippen molar-refractivity contribution in [2.24, 2.45) is 0 Å². The van der Waals surface area contributed by atoms with Gasteiger partial charge in [0.05, 0.1) is 0 Å². The zero-order valence-corrected chi connectivity index (χ0v) is 15.9. The van der Waals surface area contributed by atoms with Gasteiger partial charge in [0.2, 0.25) is 5.91 Å². The number of likely N-dealkylation sites (tertiary alicyclic amines) is 1. The van der Waals surface area contributed by atoms with Gasteiger partial charge in [0.25, 0.3) is 0 Å². The van der Waals surface area contributed by atoms with Gasteiger partial charge in [0, 0.05) is 30.2 Å². The molecule has 0 radical (unpaired) electrons. The monoisotopic (exact) mass is 388 g/mol. The third-order valence-electron chi connectivity index (χ3n) is 4.98. The summed E-state index contributed by atoms with van der Waals surface area (Å²) in [4.78, 5) is 17.4. The first-order chi connectivity index (χ1) is 13.1. The lowest BCUT2D eigenvalue weighted by molar-refractivity contribution is -0.137. The minimum Gasteiger partial charge on any atom is -0.364 e. The highest BCUT2D eigenvalue weighted by Crippen LogP contribution is 2.33. The lowest BCUT2D eigenvalue weighted by atomic mass is 9.89. The molecule has 8 heteroatoms. The van der Waals surface area contributed by atoms with Gasteiger partial charge < -0.3 is 14.6 Å². The number of rotatable bonds is 5. The summed E-state index contributed by atoms with van der Waals surface area (Å²) in [7, 11) is 0. The molecule has 0 unspecified atom stereocenters. The molecule has 6 nitrogen and oxygen atoms in total. The first-order valence-corrected chi connectivity index (χ1v) is 9.83. The fraction of sp³-hybridized carbons (Fsp3) is 0.421. The van der Waals surface area contributed by atoms with Crippen LogP contribution in [0.5, 0.6) is 0 Å². The second-order valence-corrected chi connectivity index (χ2v) is 8.06. The highest BCUT2D eigenvalue weighted by atomic mass is 32.1. The van der Waals surface area contributed by atoms with E-state index in [0.29, 0.717) is 25.6 Å². The zero-order chi connectivity index (χ0) is 18.8. The summed E-state index contributed by atoms with van der Waals surface area (Å²) in [6.45, 7) is 3.69. The van der Waals surface area contributed by atoms with Gasteiger partial charge in [-0.05, 0) is 49.4 Å². The van der Waals surface area contributed by atoms with Crippen LogP contribution in [-0.2, 0) is 16.1 Å². The average molecular weight is 388 g/mol. The molecule has 1 aliphatic heterocycles. The number of H-pyrrole nitrogens is 1. The molecule has 4 rings (SSSR count). The lowest BCUT2D eigenvalue weighted by Gasteiger charge is -2.32. The standard InChI is InChI=1S/C19H21FN4O2S/c1-12-22-23-18(27-12)10-26-11-19(25)24-6-4-13(5-7-24)16-9-21-17-8-14(20)2-3-15(16)17/h2-3,8-9,13,21H,4-7,10-11H2,1H3. The van der Waals surface area contributed by atoms with E-state index in [4.69, 9.17) is 4.74 Å². The molecule has 3 heterocycles. The van der Waals surface area contributed by atoms with Crippen molar-refractivity contribution in [1.82, 2.24) is 20.1 Å². The SMILES string of the molecule is Cc1nnc(COCC(=O)N2CCC(c3c[nH]c4cc(F)ccc34)CC2)s1. The quantitative estimate of drug-likeness (QED) is 0.727. The number of halogens is 1. The van der Waals surface area contributed by atoms with Crippen LogP contribution >= 0.6 is 11.3 Å². The molecule has 2 aromatic heterocycles. The van der Waals surface area contributed by atoms with Crippen molar-refractivity contribution in [2.45, 2.75) is 32.3 Å². The van der Waals surface area contributed by atoms with E-state index >= 15 is 0 Å². The van der Waals surface area contributed by atoms with Crippen molar-refractivity contribution >= 4 is 28.1 Å². The van der Waals surface area contributed by atoms with Gasteiger partial charge in [-0.1, -0.05) is 11.3 Å². The number of hydrogen-bond acceptors (Lipinski definition) is 5. The van der Waals surface area contributed by atoms with E-state index < -0.39 is 0 Å². The van der Waals surface area contributed by atoms with Gasteiger partial charge in [-0.25, -0.2) is 4.39 Å². The normalized spacial score (nSPS) is 15.6. The minimum absolute atomic E-state index is 0.00989. The summed E-state index contributed by atoms with van der Waals surface area (Å²) in [6.07, 6.45) is 3.76. The average Bonchev–Trinajstić information content (AvgIpc) is 3.27. The maximum atomic E-state index is 13.4. The summed E-state index contributed by atoms with van der Waals surface area (Å²) in [6, 6.07) is 4.85. The van der Waals surface area contributed by atoms with Crippen molar-refractivity contribution in [3.63, 3.8) is 0 Å². The van der Waals surface area contributed by atoms with Crippen LogP contribution in [0.25, 0.3) is 10.9 Å². The predicted octanol–water partition coefficient (Wildman–Crippen LogP) is 3.39. The number of fused-ring (bicyclic) bond motifs is 1. The highest BCUT2D eigenvalue weighted by molar-refractivity contribution is 7.11. The molecule has 27 heavy (non-hydrogen) atoms. The van der Waals surface area contributed by atoms with Crippen molar-refractivity contribution in [3.05, 3.63) is 45.8 Å². The molecule has 142 valence electrons. The van der Waals surface area contributed by atoms with Crippen molar-refractivity contribution in [1.29, 1.82) is 0 Å². The van der Waals surface area contributed by atoms with Crippen LogP contribution in [0.4, 0.5) is 4.39 Å². The maximum absolute atomic E-state index is 13.4. The van der Waals surface area contributed by atoms with Crippen LogP contribution in [-0.4, -0.2) is 45.7 Å². The van der Waals surface area contributed by atoms with Gasteiger partial charge in [0.15, 0.2) is 0 Å². The number of carbonyl (C=O) groups is 1. The van der Waals surface area contributed by atoms with Gasteiger partial charge in [0.1, 0.15) is 29.0 Å². The van der Waals surface area contributed by atoms with E-state index in [9.17, 15) is 9.18 Å². The number of benzene rings is 1. The number of ether oxygens (including phenoxy) is 1. The fourth-order valence-electron chi connectivity index (χ4n) is 3.61. The van der Waals surface area contributed by atoms with E-state index in [2.05, 4.69) is 15.2 Å². The first-order valence-electron chi connectivity index (χ1n) is 9.01. The number of aromatic amines is 1. The first kappa shape index (κ1) is 18.1. The number of nitrogens with one attached hydrogen (secondary N) is 1. The van der Waals surface area contributed by atoms with E-state index in [1.54, 1.807) is 0 Å². The van der Waals surface area contributed by atoms with E-state index in [1.807, 2.05) is 24.1 Å². The molecule has 1 N–H and O–H groups in total. The van der Waals surface area contributed by atoms with Gasteiger partial charge in [-0.2, -0.15) is 0 Å². The molecule has 0 saturated carbocycles. The number of aromatic nitrogens is 3. The third-order valence-corrected chi connectivity index (χ3v) is 5.79. The van der Waals surface area contributed by atoms with Crippen LogP contribution in [0.15, 0.2) is 24.4 Å². The number of amides is 1. The molecular weight excluding hydrogens is 367 g/mol. The molecule has 1 aromatic carbocycles. The van der Waals surface area contributed by atoms with Crippen LogP contribution in [0.3, 0.4) is 0 Å².